The van der Waals surface area contributed by atoms with Gasteiger partial charge in [-0.15, -0.1) is 0 Å². The number of furan rings is 1. The van der Waals surface area contributed by atoms with Gasteiger partial charge in [0, 0.05) is 33.1 Å². The Hall–Kier alpha value is -7.68. The predicted octanol–water partition coefficient (Wildman–Crippen LogP) is 16.0. The van der Waals surface area contributed by atoms with Gasteiger partial charge in [-0.25, -0.2) is 0 Å². The molecule has 0 N–H and O–H groups in total. The lowest BCUT2D eigenvalue weighted by molar-refractivity contribution is 0.673. The Kier molecular flexibility index (Phi) is 8.19. The van der Waals surface area contributed by atoms with E-state index in [0.29, 0.717) is 0 Å². The first kappa shape index (κ1) is 33.6. The fourth-order valence-electron chi connectivity index (χ4n) is 8.65. The van der Waals surface area contributed by atoms with Gasteiger partial charge < -0.3 is 9.32 Å². The van der Waals surface area contributed by atoms with Gasteiger partial charge >= 0.3 is 0 Å². The number of rotatable bonds is 7. The third-order valence-electron chi connectivity index (χ3n) is 11.5. The first-order chi connectivity index (χ1) is 28.8. The Labute approximate surface area is 337 Å². The summed E-state index contributed by atoms with van der Waals surface area (Å²) in [4.78, 5) is 2.39. The van der Waals surface area contributed by atoms with Crippen LogP contribution < -0.4 is 4.90 Å². The Morgan fingerprint density at radius 2 is 0.810 bits per heavy atom. The molecule has 0 saturated carbocycles. The van der Waals surface area contributed by atoms with Crippen molar-refractivity contribution in [2.45, 2.75) is 0 Å². The van der Waals surface area contributed by atoms with Crippen LogP contribution in [0, 0.1) is 0 Å². The molecule has 272 valence electrons. The van der Waals surface area contributed by atoms with E-state index in [0.717, 1.165) is 60.9 Å². The molecular weight excluding hydrogens is 703 g/mol. The molecule has 2 nitrogen and oxygen atoms in total. The molecule has 0 amide bonds. The van der Waals surface area contributed by atoms with Crippen molar-refractivity contribution in [3.63, 3.8) is 0 Å². The Morgan fingerprint density at radius 3 is 1.53 bits per heavy atom. The minimum atomic E-state index is 0.890. The Balaban J connectivity index is 1.04. The number of anilines is 3. The van der Waals surface area contributed by atoms with Crippen LogP contribution in [0.4, 0.5) is 17.1 Å². The molecule has 0 unspecified atom stereocenters. The van der Waals surface area contributed by atoms with E-state index in [-0.39, 0.29) is 0 Å². The van der Waals surface area contributed by atoms with Crippen molar-refractivity contribution in [3.05, 3.63) is 224 Å². The second-order valence-electron chi connectivity index (χ2n) is 14.9. The van der Waals surface area contributed by atoms with Gasteiger partial charge in [-0.05, 0) is 97.6 Å². The molecule has 1 aromatic heterocycles. The molecule has 0 fully saturated rings. The summed E-state index contributed by atoms with van der Waals surface area (Å²) in [6.07, 6.45) is 0. The van der Waals surface area contributed by atoms with E-state index < -0.39 is 0 Å². The zero-order valence-electron chi connectivity index (χ0n) is 31.7. The summed E-state index contributed by atoms with van der Waals surface area (Å²) in [5, 5.41) is 7.02. The highest BCUT2D eigenvalue weighted by atomic mass is 16.3. The second kappa shape index (κ2) is 14.1. The maximum Gasteiger partial charge on any atom is 0.143 e. The molecule has 58 heavy (non-hydrogen) atoms. The van der Waals surface area contributed by atoms with E-state index >= 15 is 0 Å². The summed E-state index contributed by atoms with van der Waals surface area (Å²) in [7, 11) is 0. The molecule has 11 aromatic rings. The summed E-state index contributed by atoms with van der Waals surface area (Å²) in [6.45, 7) is 0. The van der Waals surface area contributed by atoms with Gasteiger partial charge in [0.15, 0.2) is 0 Å². The molecule has 0 saturated heterocycles. The Bertz CT molecular complexity index is 3250. The van der Waals surface area contributed by atoms with Crippen LogP contribution in [0.1, 0.15) is 0 Å². The normalized spacial score (nSPS) is 11.4. The third-order valence-corrected chi connectivity index (χ3v) is 11.5. The molecule has 0 atom stereocenters. The molecular formula is C56H37NO. The maximum absolute atomic E-state index is 6.65. The van der Waals surface area contributed by atoms with Crippen molar-refractivity contribution in [3.8, 4) is 44.5 Å². The number of benzene rings is 10. The topological polar surface area (TPSA) is 16.4 Å². The molecule has 0 bridgehead atoms. The van der Waals surface area contributed by atoms with Crippen LogP contribution in [0.3, 0.4) is 0 Å². The fraction of sp³-hybridized carbons (Fsp3) is 0. The van der Waals surface area contributed by atoms with Gasteiger partial charge in [0.1, 0.15) is 11.2 Å². The van der Waals surface area contributed by atoms with Crippen molar-refractivity contribution in [1.82, 2.24) is 0 Å². The van der Waals surface area contributed by atoms with E-state index in [1.165, 1.54) is 44.2 Å². The standard InChI is InChI=1S/C56H37NO/c1-2-13-38(14-3-1)40-29-33-45(34-30-40)57(46-35-31-41(32-36-46)39-25-27-43(28-26-39)48-22-12-17-42-15-4-6-18-47(42)48)53-23-10-8-20-50(53)52-37-44-16-5-7-19-49(44)56-55(52)51-21-9-11-24-54(51)58-56/h1-37H. The van der Waals surface area contributed by atoms with Crippen LogP contribution >= 0.6 is 0 Å². The van der Waals surface area contributed by atoms with Crippen molar-refractivity contribution < 1.29 is 4.42 Å². The van der Waals surface area contributed by atoms with Crippen molar-refractivity contribution in [2.75, 3.05) is 4.90 Å². The van der Waals surface area contributed by atoms with E-state index in [1.807, 2.05) is 6.07 Å². The SMILES string of the molecule is c1ccc(-c2ccc(N(c3ccc(-c4ccc(-c5cccc6ccccc56)cc4)cc3)c3ccccc3-c3cc4ccccc4c4oc5ccccc5c34)cc2)cc1. The van der Waals surface area contributed by atoms with Crippen LogP contribution in [0.2, 0.25) is 0 Å². The predicted molar refractivity (Wildman–Crippen MR) is 245 cm³/mol. The number of fused-ring (bicyclic) bond motifs is 6. The molecule has 0 aliphatic carbocycles. The van der Waals surface area contributed by atoms with Gasteiger partial charge in [0.05, 0.1) is 5.69 Å². The number of para-hydroxylation sites is 2. The third kappa shape index (κ3) is 5.82. The molecule has 11 rings (SSSR count). The first-order valence-electron chi connectivity index (χ1n) is 19.8. The van der Waals surface area contributed by atoms with Crippen LogP contribution in [0.15, 0.2) is 229 Å². The van der Waals surface area contributed by atoms with Crippen LogP contribution in [0.25, 0.3) is 88.0 Å². The van der Waals surface area contributed by atoms with Gasteiger partial charge in [-0.1, -0.05) is 182 Å². The average molecular weight is 740 g/mol. The van der Waals surface area contributed by atoms with Gasteiger partial charge in [-0.3, -0.25) is 0 Å². The van der Waals surface area contributed by atoms with Gasteiger partial charge in [0.25, 0.3) is 0 Å². The van der Waals surface area contributed by atoms with Crippen LogP contribution in [-0.4, -0.2) is 0 Å². The first-order valence-corrected chi connectivity index (χ1v) is 19.8. The van der Waals surface area contributed by atoms with E-state index in [2.05, 4.69) is 223 Å². The van der Waals surface area contributed by atoms with E-state index in [9.17, 15) is 0 Å². The maximum atomic E-state index is 6.65. The molecule has 10 aromatic carbocycles. The Morgan fingerprint density at radius 1 is 0.310 bits per heavy atom. The lowest BCUT2D eigenvalue weighted by Gasteiger charge is -2.28. The highest BCUT2D eigenvalue weighted by Gasteiger charge is 2.22. The minimum Gasteiger partial charge on any atom is -0.455 e. The number of hydrogen-bond acceptors (Lipinski definition) is 2. The van der Waals surface area contributed by atoms with Gasteiger partial charge in [0.2, 0.25) is 0 Å². The monoisotopic (exact) mass is 739 g/mol. The molecule has 1 heterocycles. The quantitative estimate of drug-likeness (QED) is 0.162. The van der Waals surface area contributed by atoms with Crippen molar-refractivity contribution in [2.24, 2.45) is 0 Å². The second-order valence-corrected chi connectivity index (χ2v) is 14.9. The highest BCUT2D eigenvalue weighted by molar-refractivity contribution is 6.22. The number of nitrogens with zero attached hydrogens (tertiary/aromatic N) is 1. The van der Waals surface area contributed by atoms with Crippen molar-refractivity contribution in [1.29, 1.82) is 0 Å². The van der Waals surface area contributed by atoms with Gasteiger partial charge in [-0.2, -0.15) is 0 Å². The zero-order chi connectivity index (χ0) is 38.4. The summed E-state index contributed by atoms with van der Waals surface area (Å²) in [5.41, 5.74) is 14.5. The molecule has 0 aliphatic rings. The summed E-state index contributed by atoms with van der Waals surface area (Å²) in [6, 6.07) is 80.6. The fourth-order valence-corrected chi connectivity index (χ4v) is 8.65. The van der Waals surface area contributed by atoms with Crippen LogP contribution in [0.5, 0.6) is 0 Å². The smallest absolute Gasteiger partial charge is 0.143 e. The zero-order valence-corrected chi connectivity index (χ0v) is 31.7. The minimum absolute atomic E-state index is 0.890. The van der Waals surface area contributed by atoms with Crippen LogP contribution in [-0.2, 0) is 0 Å². The number of hydrogen-bond donors (Lipinski definition) is 0. The average Bonchev–Trinajstić information content (AvgIpc) is 3.70. The summed E-state index contributed by atoms with van der Waals surface area (Å²) in [5.74, 6) is 0. The molecule has 0 radical (unpaired) electrons. The summed E-state index contributed by atoms with van der Waals surface area (Å²) < 4.78 is 6.65. The largest absolute Gasteiger partial charge is 0.455 e. The lowest BCUT2D eigenvalue weighted by atomic mass is 9.93. The van der Waals surface area contributed by atoms with Crippen molar-refractivity contribution >= 4 is 60.5 Å². The molecule has 0 aliphatic heterocycles. The molecule has 0 spiro atoms. The lowest BCUT2D eigenvalue weighted by Crippen LogP contribution is -2.11. The van der Waals surface area contributed by atoms with E-state index in [1.54, 1.807) is 0 Å². The summed E-state index contributed by atoms with van der Waals surface area (Å²) >= 11 is 0. The highest BCUT2D eigenvalue weighted by Crippen LogP contribution is 2.47. The molecule has 2 heteroatoms. The van der Waals surface area contributed by atoms with E-state index in [4.69, 9.17) is 4.42 Å².